The zero-order valence-electron chi connectivity index (χ0n) is 11.5. The Morgan fingerprint density at radius 2 is 2.22 bits per heavy atom. The zero-order chi connectivity index (χ0) is 13.1. The van der Waals surface area contributed by atoms with E-state index >= 15 is 0 Å². The van der Waals surface area contributed by atoms with Crippen molar-refractivity contribution < 1.29 is 5.11 Å². The topological polar surface area (TPSA) is 39.6 Å². The van der Waals surface area contributed by atoms with Crippen LogP contribution in [0, 0.1) is 0 Å². The lowest BCUT2D eigenvalue weighted by molar-refractivity contribution is 0.194. The molecule has 0 spiro atoms. The number of aliphatic hydroxyl groups excluding tert-OH is 1. The minimum absolute atomic E-state index is 0.491. The molecule has 2 atom stereocenters. The van der Waals surface area contributed by atoms with Gasteiger partial charge in [-0.1, -0.05) is 6.92 Å². The maximum absolute atomic E-state index is 9.45. The second-order valence-electron chi connectivity index (χ2n) is 5.04. The average Bonchev–Trinajstić information content (AvgIpc) is 2.38. The Morgan fingerprint density at radius 3 is 2.72 bits per heavy atom. The maximum atomic E-state index is 9.45. The van der Waals surface area contributed by atoms with Crippen LogP contribution in [0.25, 0.3) is 0 Å². The Kier molecular flexibility index (Phi) is 4.19. The number of pyridine rings is 1. The van der Waals surface area contributed by atoms with Crippen LogP contribution in [0.15, 0.2) is 18.3 Å². The molecule has 2 heterocycles. The minimum atomic E-state index is -0.491. The SMILES string of the molecule is CCN1CCN(c2ccc([C@@H](C)O)nc2)CC1C. The van der Waals surface area contributed by atoms with Gasteiger partial charge in [-0.05, 0) is 32.5 Å². The van der Waals surface area contributed by atoms with Crippen molar-refractivity contribution in [2.75, 3.05) is 31.1 Å². The molecule has 1 saturated heterocycles. The molecule has 0 saturated carbocycles. The fraction of sp³-hybridized carbons (Fsp3) is 0.643. The van der Waals surface area contributed by atoms with E-state index in [2.05, 4.69) is 34.7 Å². The van der Waals surface area contributed by atoms with Crippen molar-refractivity contribution in [1.82, 2.24) is 9.88 Å². The van der Waals surface area contributed by atoms with E-state index in [9.17, 15) is 5.11 Å². The minimum Gasteiger partial charge on any atom is -0.387 e. The molecule has 0 amide bonds. The summed E-state index contributed by atoms with van der Waals surface area (Å²) >= 11 is 0. The van der Waals surface area contributed by atoms with Crippen LogP contribution >= 0.6 is 0 Å². The lowest BCUT2D eigenvalue weighted by atomic mass is 10.1. The molecule has 1 N–H and O–H groups in total. The summed E-state index contributed by atoms with van der Waals surface area (Å²) < 4.78 is 0. The van der Waals surface area contributed by atoms with Gasteiger partial charge in [0, 0.05) is 25.7 Å². The number of piperazine rings is 1. The van der Waals surface area contributed by atoms with Gasteiger partial charge in [0.2, 0.25) is 0 Å². The largest absolute Gasteiger partial charge is 0.387 e. The third kappa shape index (κ3) is 2.82. The predicted octanol–water partition coefficient (Wildman–Crippen LogP) is 1.67. The fourth-order valence-electron chi connectivity index (χ4n) is 2.53. The summed E-state index contributed by atoms with van der Waals surface area (Å²) in [5.74, 6) is 0. The maximum Gasteiger partial charge on any atom is 0.0931 e. The van der Waals surface area contributed by atoms with E-state index in [0.29, 0.717) is 6.04 Å². The second-order valence-corrected chi connectivity index (χ2v) is 5.04. The van der Waals surface area contributed by atoms with Gasteiger partial charge in [0.15, 0.2) is 0 Å². The van der Waals surface area contributed by atoms with E-state index < -0.39 is 6.10 Å². The highest BCUT2D eigenvalue weighted by molar-refractivity contribution is 5.45. The van der Waals surface area contributed by atoms with Crippen LogP contribution in [0.1, 0.15) is 32.6 Å². The summed E-state index contributed by atoms with van der Waals surface area (Å²) in [4.78, 5) is 9.18. The van der Waals surface area contributed by atoms with Crippen LogP contribution in [-0.4, -0.2) is 47.2 Å². The number of likely N-dealkylation sites (N-methyl/N-ethyl adjacent to an activating group) is 1. The first kappa shape index (κ1) is 13.3. The summed E-state index contributed by atoms with van der Waals surface area (Å²) in [6.07, 6.45) is 1.38. The quantitative estimate of drug-likeness (QED) is 0.884. The van der Waals surface area contributed by atoms with Crippen LogP contribution < -0.4 is 4.90 Å². The molecule has 4 heteroatoms. The Bertz CT molecular complexity index is 377. The number of hydrogen-bond acceptors (Lipinski definition) is 4. The highest BCUT2D eigenvalue weighted by atomic mass is 16.3. The fourth-order valence-corrected chi connectivity index (χ4v) is 2.53. The molecule has 1 aromatic heterocycles. The standard InChI is InChI=1S/C14H23N3O/c1-4-16-7-8-17(10-11(16)2)13-5-6-14(12(3)18)15-9-13/h5-6,9,11-12,18H,4,7-8,10H2,1-3H3/t11?,12-/m1/s1. The van der Waals surface area contributed by atoms with E-state index in [-0.39, 0.29) is 0 Å². The summed E-state index contributed by atoms with van der Waals surface area (Å²) in [6.45, 7) is 10.5. The Balaban J connectivity index is 2.04. The number of nitrogens with zero attached hydrogens (tertiary/aromatic N) is 3. The first-order chi connectivity index (χ1) is 8.61. The molecule has 1 aromatic rings. The van der Waals surface area contributed by atoms with Gasteiger partial charge in [0.25, 0.3) is 0 Å². The van der Waals surface area contributed by atoms with Crippen molar-refractivity contribution >= 4 is 5.69 Å². The van der Waals surface area contributed by atoms with Gasteiger partial charge in [0.1, 0.15) is 0 Å². The molecule has 1 unspecified atom stereocenters. The first-order valence-corrected chi connectivity index (χ1v) is 6.74. The van der Waals surface area contributed by atoms with Crippen LogP contribution in [-0.2, 0) is 0 Å². The molecule has 2 rings (SSSR count). The summed E-state index contributed by atoms with van der Waals surface area (Å²) in [7, 11) is 0. The molecular formula is C14H23N3O. The van der Waals surface area contributed by atoms with Crippen LogP contribution in [0.2, 0.25) is 0 Å². The molecular weight excluding hydrogens is 226 g/mol. The molecule has 0 bridgehead atoms. The van der Waals surface area contributed by atoms with Crippen molar-refractivity contribution in [2.24, 2.45) is 0 Å². The molecule has 0 radical (unpaired) electrons. The van der Waals surface area contributed by atoms with Crippen LogP contribution in [0.5, 0.6) is 0 Å². The van der Waals surface area contributed by atoms with E-state index in [1.54, 1.807) is 6.92 Å². The van der Waals surface area contributed by atoms with Crippen molar-refractivity contribution in [3.8, 4) is 0 Å². The third-order valence-corrected chi connectivity index (χ3v) is 3.74. The second kappa shape index (κ2) is 5.67. The predicted molar refractivity (Wildman–Crippen MR) is 73.8 cm³/mol. The van der Waals surface area contributed by atoms with Crippen LogP contribution in [0.3, 0.4) is 0 Å². The number of aromatic nitrogens is 1. The smallest absolute Gasteiger partial charge is 0.0931 e. The van der Waals surface area contributed by atoms with Crippen molar-refractivity contribution in [2.45, 2.75) is 32.9 Å². The molecule has 0 aromatic carbocycles. The van der Waals surface area contributed by atoms with Crippen LogP contribution in [0.4, 0.5) is 5.69 Å². The van der Waals surface area contributed by atoms with Gasteiger partial charge in [-0.25, -0.2) is 0 Å². The summed E-state index contributed by atoms with van der Waals surface area (Å²) in [5, 5.41) is 9.45. The molecule has 1 aliphatic rings. The third-order valence-electron chi connectivity index (χ3n) is 3.74. The molecule has 100 valence electrons. The Hall–Kier alpha value is -1.13. The zero-order valence-corrected chi connectivity index (χ0v) is 11.5. The Labute approximate surface area is 109 Å². The van der Waals surface area contributed by atoms with Gasteiger partial charge in [-0.3, -0.25) is 9.88 Å². The summed E-state index contributed by atoms with van der Waals surface area (Å²) in [6, 6.07) is 4.56. The molecule has 4 nitrogen and oxygen atoms in total. The van der Waals surface area contributed by atoms with Gasteiger partial charge in [-0.2, -0.15) is 0 Å². The van der Waals surface area contributed by atoms with Crippen molar-refractivity contribution in [3.63, 3.8) is 0 Å². The highest BCUT2D eigenvalue weighted by Gasteiger charge is 2.22. The van der Waals surface area contributed by atoms with E-state index in [0.717, 1.165) is 37.6 Å². The number of aliphatic hydroxyl groups is 1. The molecule has 1 aliphatic heterocycles. The first-order valence-electron chi connectivity index (χ1n) is 6.74. The van der Waals surface area contributed by atoms with Crippen molar-refractivity contribution in [1.29, 1.82) is 0 Å². The lowest BCUT2D eigenvalue weighted by Gasteiger charge is -2.40. The average molecular weight is 249 g/mol. The molecule has 18 heavy (non-hydrogen) atoms. The monoisotopic (exact) mass is 249 g/mol. The summed E-state index contributed by atoms with van der Waals surface area (Å²) in [5.41, 5.74) is 1.89. The van der Waals surface area contributed by atoms with Crippen molar-refractivity contribution in [3.05, 3.63) is 24.0 Å². The number of anilines is 1. The van der Waals surface area contributed by atoms with E-state index in [1.165, 1.54) is 0 Å². The number of hydrogen-bond donors (Lipinski definition) is 1. The van der Waals surface area contributed by atoms with Gasteiger partial charge >= 0.3 is 0 Å². The van der Waals surface area contributed by atoms with Gasteiger partial charge < -0.3 is 10.0 Å². The van der Waals surface area contributed by atoms with E-state index in [4.69, 9.17) is 0 Å². The normalized spacial score (nSPS) is 23.1. The van der Waals surface area contributed by atoms with E-state index in [1.807, 2.05) is 12.3 Å². The number of rotatable bonds is 3. The molecule has 1 fully saturated rings. The Morgan fingerprint density at radius 1 is 1.44 bits per heavy atom. The lowest BCUT2D eigenvalue weighted by Crippen LogP contribution is -2.51. The molecule has 0 aliphatic carbocycles. The van der Waals surface area contributed by atoms with Gasteiger partial charge in [-0.15, -0.1) is 0 Å². The van der Waals surface area contributed by atoms with Gasteiger partial charge in [0.05, 0.1) is 23.7 Å². The highest BCUT2D eigenvalue weighted by Crippen LogP contribution is 2.19.